The number of hydrogen-bond acceptors (Lipinski definition) is 5. The summed E-state index contributed by atoms with van der Waals surface area (Å²) in [7, 11) is 0. The number of aryl methyl sites for hydroxylation is 1. The summed E-state index contributed by atoms with van der Waals surface area (Å²) in [4.78, 5) is 21.1. The number of carbonyl (C=O) groups excluding carboxylic acids is 1. The van der Waals surface area contributed by atoms with Crippen molar-refractivity contribution in [2.75, 3.05) is 6.61 Å². The van der Waals surface area contributed by atoms with Crippen LogP contribution in [0.3, 0.4) is 0 Å². The minimum atomic E-state index is -0.280. The van der Waals surface area contributed by atoms with Crippen molar-refractivity contribution in [3.05, 3.63) is 23.0 Å². The van der Waals surface area contributed by atoms with Gasteiger partial charge in [-0.15, -0.1) is 11.3 Å². The summed E-state index contributed by atoms with van der Waals surface area (Å²) in [5, 5.41) is 0.922. The summed E-state index contributed by atoms with van der Waals surface area (Å²) >= 11 is 1.35. The number of aromatic nitrogens is 2. The van der Waals surface area contributed by atoms with Gasteiger partial charge in [-0.1, -0.05) is 0 Å². The quantitative estimate of drug-likeness (QED) is 0.731. The number of thiophene rings is 1. The van der Waals surface area contributed by atoms with Crippen molar-refractivity contribution in [1.29, 1.82) is 0 Å². The highest BCUT2D eigenvalue weighted by Crippen LogP contribution is 2.28. The Morgan fingerprint density at radius 2 is 2.40 bits per heavy atom. The zero-order chi connectivity index (χ0) is 10.8. The molecule has 0 saturated heterocycles. The maximum Gasteiger partial charge on any atom is 0.348 e. The molecular weight excluding hydrogens is 212 g/mol. The molecule has 15 heavy (non-hydrogen) atoms. The van der Waals surface area contributed by atoms with E-state index in [0.717, 1.165) is 15.8 Å². The third-order valence-electron chi connectivity index (χ3n) is 2.08. The summed E-state index contributed by atoms with van der Waals surface area (Å²) in [5.41, 5.74) is 0.897. The van der Waals surface area contributed by atoms with Crippen LogP contribution in [0.4, 0.5) is 0 Å². The maximum absolute atomic E-state index is 11.6. The van der Waals surface area contributed by atoms with Crippen LogP contribution >= 0.6 is 11.3 Å². The van der Waals surface area contributed by atoms with Gasteiger partial charge in [0.25, 0.3) is 0 Å². The Bertz CT molecular complexity index is 507. The fraction of sp³-hybridized carbons (Fsp3) is 0.300. The van der Waals surface area contributed by atoms with Gasteiger partial charge < -0.3 is 4.74 Å². The Balaban J connectivity index is 2.53. The first-order valence-electron chi connectivity index (χ1n) is 4.60. The number of fused-ring (bicyclic) bond motifs is 1. The standard InChI is InChI=1S/C10H10N2O2S/c1-3-14-10(13)8-6(2)7-4-11-5-12-9(7)15-8/h4-5H,3H2,1-2H3. The lowest BCUT2D eigenvalue weighted by Gasteiger charge is -1.98. The molecule has 2 rings (SSSR count). The molecule has 78 valence electrons. The molecule has 0 aliphatic heterocycles. The molecule has 0 spiro atoms. The average molecular weight is 222 g/mol. The van der Waals surface area contributed by atoms with Gasteiger partial charge >= 0.3 is 5.97 Å². The van der Waals surface area contributed by atoms with Gasteiger partial charge in [-0.25, -0.2) is 14.8 Å². The minimum absolute atomic E-state index is 0.280. The van der Waals surface area contributed by atoms with E-state index < -0.39 is 0 Å². The van der Waals surface area contributed by atoms with Gasteiger partial charge in [-0.3, -0.25) is 0 Å². The molecule has 5 heteroatoms. The molecule has 0 fully saturated rings. The van der Waals surface area contributed by atoms with Crippen LogP contribution < -0.4 is 0 Å². The van der Waals surface area contributed by atoms with E-state index in [1.54, 1.807) is 13.1 Å². The summed E-state index contributed by atoms with van der Waals surface area (Å²) < 4.78 is 4.96. The first kappa shape index (κ1) is 10.0. The van der Waals surface area contributed by atoms with E-state index in [1.807, 2.05) is 6.92 Å². The van der Waals surface area contributed by atoms with Crippen LogP contribution in [-0.2, 0) is 4.74 Å². The van der Waals surface area contributed by atoms with E-state index in [0.29, 0.717) is 11.5 Å². The molecule has 0 atom stereocenters. The van der Waals surface area contributed by atoms with Crippen molar-refractivity contribution in [2.45, 2.75) is 13.8 Å². The van der Waals surface area contributed by atoms with Gasteiger partial charge in [0, 0.05) is 11.6 Å². The third-order valence-corrected chi connectivity index (χ3v) is 3.28. The summed E-state index contributed by atoms with van der Waals surface area (Å²) in [6.07, 6.45) is 3.20. The van der Waals surface area contributed by atoms with Gasteiger partial charge in [0.05, 0.1) is 6.61 Å². The fourth-order valence-electron chi connectivity index (χ4n) is 1.34. The van der Waals surface area contributed by atoms with Crippen molar-refractivity contribution in [1.82, 2.24) is 9.97 Å². The highest BCUT2D eigenvalue weighted by molar-refractivity contribution is 7.20. The fourth-order valence-corrected chi connectivity index (χ4v) is 2.36. The third kappa shape index (κ3) is 1.70. The normalized spacial score (nSPS) is 10.5. The van der Waals surface area contributed by atoms with Crippen LogP contribution in [0.25, 0.3) is 10.2 Å². The largest absolute Gasteiger partial charge is 0.462 e. The second-order valence-corrected chi connectivity index (χ2v) is 4.02. The molecule has 0 amide bonds. The Morgan fingerprint density at radius 3 is 3.07 bits per heavy atom. The molecule has 2 aromatic heterocycles. The van der Waals surface area contributed by atoms with Crippen molar-refractivity contribution in [3.8, 4) is 0 Å². The topological polar surface area (TPSA) is 52.1 Å². The number of hydrogen-bond donors (Lipinski definition) is 0. The van der Waals surface area contributed by atoms with Gasteiger partial charge in [-0.2, -0.15) is 0 Å². The van der Waals surface area contributed by atoms with Crippen LogP contribution in [0.2, 0.25) is 0 Å². The highest BCUT2D eigenvalue weighted by atomic mass is 32.1. The monoisotopic (exact) mass is 222 g/mol. The van der Waals surface area contributed by atoms with Gasteiger partial charge in [0.1, 0.15) is 16.0 Å². The lowest BCUT2D eigenvalue weighted by molar-refractivity contribution is 0.0531. The van der Waals surface area contributed by atoms with E-state index in [-0.39, 0.29) is 5.97 Å². The summed E-state index contributed by atoms with van der Waals surface area (Å²) in [5.74, 6) is -0.280. The summed E-state index contributed by atoms with van der Waals surface area (Å²) in [6, 6.07) is 0. The Labute approximate surface area is 90.9 Å². The molecule has 0 N–H and O–H groups in total. The molecule has 0 aliphatic carbocycles. The Kier molecular flexibility index (Phi) is 2.64. The minimum Gasteiger partial charge on any atom is -0.462 e. The smallest absolute Gasteiger partial charge is 0.348 e. The van der Waals surface area contributed by atoms with Crippen molar-refractivity contribution in [2.24, 2.45) is 0 Å². The maximum atomic E-state index is 11.6. The lowest BCUT2D eigenvalue weighted by atomic mass is 10.2. The molecule has 0 saturated carbocycles. The second-order valence-electron chi connectivity index (χ2n) is 3.02. The second kappa shape index (κ2) is 3.94. The van der Waals surface area contributed by atoms with E-state index in [1.165, 1.54) is 17.7 Å². The first-order chi connectivity index (χ1) is 7.24. The van der Waals surface area contributed by atoms with Crippen LogP contribution in [0.15, 0.2) is 12.5 Å². The van der Waals surface area contributed by atoms with Gasteiger partial charge in [-0.05, 0) is 19.4 Å². The molecule has 2 aromatic rings. The molecule has 0 unspecified atom stereocenters. The first-order valence-corrected chi connectivity index (χ1v) is 5.42. The van der Waals surface area contributed by atoms with E-state index >= 15 is 0 Å². The number of esters is 1. The number of nitrogens with zero attached hydrogens (tertiary/aromatic N) is 2. The van der Waals surface area contributed by atoms with Crippen molar-refractivity contribution < 1.29 is 9.53 Å². The Morgan fingerprint density at radius 1 is 1.60 bits per heavy atom. The lowest BCUT2D eigenvalue weighted by Crippen LogP contribution is -2.03. The zero-order valence-corrected chi connectivity index (χ0v) is 9.30. The molecule has 4 nitrogen and oxygen atoms in total. The van der Waals surface area contributed by atoms with Crippen LogP contribution in [0.1, 0.15) is 22.2 Å². The zero-order valence-electron chi connectivity index (χ0n) is 8.48. The molecule has 0 aromatic carbocycles. The van der Waals surface area contributed by atoms with E-state index in [4.69, 9.17) is 4.74 Å². The van der Waals surface area contributed by atoms with Crippen LogP contribution in [0.5, 0.6) is 0 Å². The molecule has 0 bridgehead atoms. The number of carbonyl (C=O) groups is 1. The SMILES string of the molecule is CCOC(=O)c1sc2ncncc2c1C. The predicted molar refractivity (Wildman–Crippen MR) is 58.1 cm³/mol. The predicted octanol–water partition coefficient (Wildman–Crippen LogP) is 2.18. The highest BCUT2D eigenvalue weighted by Gasteiger charge is 2.16. The molecule has 0 aliphatic rings. The van der Waals surface area contributed by atoms with Crippen molar-refractivity contribution in [3.63, 3.8) is 0 Å². The molecule has 2 heterocycles. The van der Waals surface area contributed by atoms with Gasteiger partial charge in [0.2, 0.25) is 0 Å². The number of rotatable bonds is 2. The number of ether oxygens (including phenoxy) is 1. The van der Waals surface area contributed by atoms with E-state index in [9.17, 15) is 4.79 Å². The van der Waals surface area contributed by atoms with Crippen LogP contribution in [0, 0.1) is 6.92 Å². The molecular formula is C10H10N2O2S. The van der Waals surface area contributed by atoms with Crippen LogP contribution in [-0.4, -0.2) is 22.5 Å². The summed E-state index contributed by atoms with van der Waals surface area (Å²) in [6.45, 7) is 4.06. The molecule has 0 radical (unpaired) electrons. The van der Waals surface area contributed by atoms with E-state index in [2.05, 4.69) is 9.97 Å². The van der Waals surface area contributed by atoms with Crippen molar-refractivity contribution >= 4 is 27.5 Å². The Hall–Kier alpha value is -1.49. The van der Waals surface area contributed by atoms with Gasteiger partial charge in [0.15, 0.2) is 0 Å². The average Bonchev–Trinajstić information content (AvgIpc) is 2.57.